The summed E-state index contributed by atoms with van der Waals surface area (Å²) in [5.74, 6) is 0. The summed E-state index contributed by atoms with van der Waals surface area (Å²) < 4.78 is 9.52. The molecule has 4 nitrogen and oxygen atoms in total. The molecule has 0 aromatic carbocycles. The minimum absolute atomic E-state index is 0.301. The Morgan fingerprint density at radius 1 is 1.55 bits per heavy atom. The van der Waals surface area contributed by atoms with Crippen LogP contribution < -0.4 is 0 Å². The Hall–Kier alpha value is -0.770. The van der Waals surface area contributed by atoms with E-state index in [1.165, 1.54) is 4.90 Å². The predicted octanol–water partition coefficient (Wildman–Crippen LogP) is 0.721. The zero-order valence-electron chi connectivity index (χ0n) is 7.29. The van der Waals surface area contributed by atoms with Crippen molar-refractivity contribution in [1.29, 1.82) is 0 Å². The third-order valence-corrected chi connectivity index (χ3v) is 1.21. The average molecular weight is 161 g/mol. The number of likely N-dealkylation sites (N-methyl/N-ethyl adjacent to an activating group) is 1. The SMILES string of the molecule is CCOC(=O)N(C)CCOC. The predicted molar refractivity (Wildman–Crippen MR) is 41.5 cm³/mol. The molecule has 0 saturated carbocycles. The number of carbonyl (C=O) groups is 1. The highest BCUT2D eigenvalue weighted by Gasteiger charge is 2.06. The van der Waals surface area contributed by atoms with Crippen LogP contribution in [0.5, 0.6) is 0 Å². The fourth-order valence-corrected chi connectivity index (χ4v) is 0.553. The van der Waals surface area contributed by atoms with Gasteiger partial charge in [0.1, 0.15) is 0 Å². The molecule has 0 radical (unpaired) electrons. The summed E-state index contributed by atoms with van der Waals surface area (Å²) in [4.78, 5) is 12.4. The quantitative estimate of drug-likeness (QED) is 0.610. The van der Waals surface area contributed by atoms with Crippen LogP contribution >= 0.6 is 0 Å². The van der Waals surface area contributed by atoms with Crippen LogP contribution in [0.2, 0.25) is 0 Å². The maximum absolute atomic E-state index is 10.9. The van der Waals surface area contributed by atoms with Crippen LogP contribution in [0.1, 0.15) is 6.92 Å². The molecular weight excluding hydrogens is 146 g/mol. The van der Waals surface area contributed by atoms with Gasteiger partial charge in [-0.05, 0) is 6.92 Å². The fraction of sp³-hybridized carbons (Fsp3) is 0.857. The summed E-state index contributed by atoms with van der Waals surface area (Å²) in [6.07, 6.45) is -0.301. The molecule has 0 N–H and O–H groups in total. The number of hydrogen-bond donors (Lipinski definition) is 0. The van der Waals surface area contributed by atoms with Crippen molar-refractivity contribution in [2.75, 3.05) is 33.9 Å². The molecule has 1 amide bonds. The zero-order valence-corrected chi connectivity index (χ0v) is 7.29. The van der Waals surface area contributed by atoms with E-state index >= 15 is 0 Å². The third-order valence-electron chi connectivity index (χ3n) is 1.21. The van der Waals surface area contributed by atoms with Crippen molar-refractivity contribution in [1.82, 2.24) is 4.90 Å². The Balaban J connectivity index is 3.46. The highest BCUT2D eigenvalue weighted by atomic mass is 16.6. The molecule has 0 aromatic rings. The summed E-state index contributed by atoms with van der Waals surface area (Å²) in [7, 11) is 3.27. The summed E-state index contributed by atoms with van der Waals surface area (Å²) >= 11 is 0. The number of ether oxygens (including phenoxy) is 2. The maximum Gasteiger partial charge on any atom is 0.409 e. The van der Waals surface area contributed by atoms with Gasteiger partial charge in [0.05, 0.1) is 13.2 Å². The van der Waals surface area contributed by atoms with Crippen LogP contribution in [-0.4, -0.2) is 44.9 Å². The highest BCUT2D eigenvalue weighted by Crippen LogP contribution is 1.88. The van der Waals surface area contributed by atoms with E-state index in [1.807, 2.05) is 0 Å². The smallest absolute Gasteiger partial charge is 0.409 e. The molecule has 0 saturated heterocycles. The van der Waals surface area contributed by atoms with Crippen molar-refractivity contribution in [2.24, 2.45) is 0 Å². The van der Waals surface area contributed by atoms with E-state index in [4.69, 9.17) is 9.47 Å². The first-order valence-corrected chi connectivity index (χ1v) is 3.59. The number of hydrogen-bond acceptors (Lipinski definition) is 3. The lowest BCUT2D eigenvalue weighted by Crippen LogP contribution is -2.30. The highest BCUT2D eigenvalue weighted by molar-refractivity contribution is 5.67. The second kappa shape index (κ2) is 5.97. The van der Waals surface area contributed by atoms with E-state index in [1.54, 1.807) is 21.1 Å². The number of rotatable bonds is 4. The van der Waals surface area contributed by atoms with Crippen LogP contribution in [0.3, 0.4) is 0 Å². The second-order valence-corrected chi connectivity index (χ2v) is 2.11. The molecule has 0 unspecified atom stereocenters. The van der Waals surface area contributed by atoms with Crippen molar-refractivity contribution >= 4 is 6.09 Å². The van der Waals surface area contributed by atoms with E-state index in [2.05, 4.69) is 0 Å². The summed E-state index contributed by atoms with van der Waals surface area (Å²) in [5.41, 5.74) is 0. The summed E-state index contributed by atoms with van der Waals surface area (Å²) in [6.45, 7) is 3.29. The molecular formula is C7H15NO3. The Kier molecular flexibility index (Phi) is 5.56. The zero-order chi connectivity index (χ0) is 8.69. The van der Waals surface area contributed by atoms with E-state index < -0.39 is 0 Å². The molecule has 0 aliphatic carbocycles. The third kappa shape index (κ3) is 4.61. The molecule has 4 heteroatoms. The van der Waals surface area contributed by atoms with E-state index in [-0.39, 0.29) is 6.09 Å². The monoisotopic (exact) mass is 161 g/mol. The average Bonchev–Trinajstić information content (AvgIpc) is 2.00. The second-order valence-electron chi connectivity index (χ2n) is 2.11. The van der Waals surface area contributed by atoms with Gasteiger partial charge in [-0.3, -0.25) is 0 Å². The van der Waals surface area contributed by atoms with E-state index in [0.717, 1.165) is 0 Å². The molecule has 0 aliphatic heterocycles. The van der Waals surface area contributed by atoms with Gasteiger partial charge in [-0.1, -0.05) is 0 Å². The van der Waals surface area contributed by atoms with Gasteiger partial charge < -0.3 is 14.4 Å². The van der Waals surface area contributed by atoms with Gasteiger partial charge in [0, 0.05) is 20.7 Å². The first-order valence-electron chi connectivity index (χ1n) is 3.59. The number of nitrogens with zero attached hydrogens (tertiary/aromatic N) is 1. The molecule has 0 spiro atoms. The van der Waals surface area contributed by atoms with Crippen molar-refractivity contribution < 1.29 is 14.3 Å². The molecule has 0 heterocycles. The maximum atomic E-state index is 10.9. The number of methoxy groups -OCH3 is 1. The Bertz CT molecular complexity index is 116. The van der Waals surface area contributed by atoms with Crippen LogP contribution in [0.4, 0.5) is 4.79 Å². The molecule has 0 atom stereocenters. The molecule has 0 aromatic heterocycles. The van der Waals surface area contributed by atoms with Crippen LogP contribution in [0.15, 0.2) is 0 Å². The molecule has 0 aliphatic rings. The molecule has 11 heavy (non-hydrogen) atoms. The lowest BCUT2D eigenvalue weighted by atomic mass is 10.6. The Labute approximate surface area is 67.1 Å². The lowest BCUT2D eigenvalue weighted by Gasteiger charge is -2.15. The van der Waals surface area contributed by atoms with E-state index in [9.17, 15) is 4.79 Å². The standard InChI is InChI=1S/C7H15NO3/c1-4-11-7(9)8(2)5-6-10-3/h4-6H2,1-3H3. The summed E-state index contributed by atoms with van der Waals surface area (Å²) in [6, 6.07) is 0. The van der Waals surface area contributed by atoms with E-state index in [0.29, 0.717) is 19.8 Å². The normalized spacial score (nSPS) is 9.36. The van der Waals surface area contributed by atoms with Crippen LogP contribution in [0, 0.1) is 0 Å². The number of carbonyl (C=O) groups excluding carboxylic acids is 1. The van der Waals surface area contributed by atoms with Crippen LogP contribution in [-0.2, 0) is 9.47 Å². The van der Waals surface area contributed by atoms with Gasteiger partial charge in [-0.25, -0.2) is 4.79 Å². The van der Waals surface area contributed by atoms with Gasteiger partial charge in [0.25, 0.3) is 0 Å². The van der Waals surface area contributed by atoms with Gasteiger partial charge in [-0.2, -0.15) is 0 Å². The fourth-order valence-electron chi connectivity index (χ4n) is 0.553. The summed E-state index contributed by atoms with van der Waals surface area (Å²) in [5, 5.41) is 0. The van der Waals surface area contributed by atoms with Gasteiger partial charge in [-0.15, -0.1) is 0 Å². The van der Waals surface area contributed by atoms with Gasteiger partial charge in [0.15, 0.2) is 0 Å². The molecule has 0 bridgehead atoms. The minimum Gasteiger partial charge on any atom is -0.450 e. The van der Waals surface area contributed by atoms with Gasteiger partial charge >= 0.3 is 6.09 Å². The Morgan fingerprint density at radius 2 is 2.18 bits per heavy atom. The molecule has 0 rings (SSSR count). The van der Waals surface area contributed by atoms with Crippen molar-refractivity contribution in [3.05, 3.63) is 0 Å². The number of amides is 1. The molecule has 0 fully saturated rings. The topological polar surface area (TPSA) is 38.8 Å². The lowest BCUT2D eigenvalue weighted by molar-refractivity contribution is 0.101. The minimum atomic E-state index is -0.301. The van der Waals surface area contributed by atoms with Crippen molar-refractivity contribution in [3.8, 4) is 0 Å². The largest absolute Gasteiger partial charge is 0.450 e. The van der Waals surface area contributed by atoms with Crippen LogP contribution in [0.25, 0.3) is 0 Å². The van der Waals surface area contributed by atoms with Gasteiger partial charge in [0.2, 0.25) is 0 Å². The van der Waals surface area contributed by atoms with Crippen molar-refractivity contribution in [2.45, 2.75) is 6.92 Å². The van der Waals surface area contributed by atoms with Crippen molar-refractivity contribution in [3.63, 3.8) is 0 Å². The Morgan fingerprint density at radius 3 is 2.64 bits per heavy atom. The first-order chi connectivity index (χ1) is 5.22. The first kappa shape index (κ1) is 10.2. The molecule has 66 valence electrons.